The van der Waals surface area contributed by atoms with Crippen molar-refractivity contribution in [3.63, 3.8) is 0 Å². The summed E-state index contributed by atoms with van der Waals surface area (Å²) in [7, 11) is 0. The molecule has 0 amide bonds. The Morgan fingerprint density at radius 2 is 2.09 bits per heavy atom. The molecule has 0 aromatic rings. The second-order valence-corrected chi connectivity index (χ2v) is 2.20. The van der Waals surface area contributed by atoms with E-state index >= 15 is 0 Å². The van der Waals surface area contributed by atoms with Crippen molar-refractivity contribution in [2.75, 3.05) is 0 Å². The predicted octanol–water partition coefficient (Wildman–Crippen LogP) is 2.65. The van der Waals surface area contributed by atoms with Gasteiger partial charge in [-0.15, -0.1) is 0 Å². The highest BCUT2D eigenvalue weighted by atomic mass is 16.1. The van der Waals surface area contributed by atoms with Crippen LogP contribution >= 0.6 is 0 Å². The Morgan fingerprint density at radius 1 is 1.36 bits per heavy atom. The Bertz CT molecular complexity index is 175. The van der Waals surface area contributed by atoms with Gasteiger partial charge in [0.05, 0.1) is 0 Å². The number of hydrogen-bond acceptors (Lipinski definition) is 1. The third-order valence-electron chi connectivity index (χ3n) is 1.14. The summed E-state index contributed by atoms with van der Waals surface area (Å²) >= 11 is 0. The van der Waals surface area contributed by atoms with Gasteiger partial charge in [-0.2, -0.15) is 0 Å². The number of rotatable bonds is 5. The van der Waals surface area contributed by atoms with E-state index in [1.165, 1.54) is 0 Å². The largest absolute Gasteiger partial charge is 0.295 e. The summed E-state index contributed by atoms with van der Waals surface area (Å²) in [4.78, 5) is 10.9. The lowest BCUT2D eigenvalue weighted by Crippen LogP contribution is -1.88. The smallest absolute Gasteiger partial charge is 0.155 e. The van der Waals surface area contributed by atoms with E-state index in [9.17, 15) is 4.79 Å². The normalized spacial score (nSPS) is 11.0. The van der Waals surface area contributed by atoms with E-state index in [0.717, 1.165) is 6.42 Å². The summed E-state index contributed by atoms with van der Waals surface area (Å²) < 4.78 is 0. The molecule has 11 heavy (non-hydrogen) atoms. The van der Waals surface area contributed by atoms with E-state index in [-0.39, 0.29) is 5.78 Å². The highest BCUT2D eigenvalue weighted by molar-refractivity contribution is 5.89. The first-order valence-corrected chi connectivity index (χ1v) is 3.80. The molecule has 0 aromatic heterocycles. The predicted molar refractivity (Wildman–Crippen MR) is 48.4 cm³/mol. The Hall–Kier alpha value is -1.11. The number of ketones is 1. The molecule has 0 aliphatic heterocycles. The van der Waals surface area contributed by atoms with Gasteiger partial charge < -0.3 is 0 Å². The summed E-state index contributed by atoms with van der Waals surface area (Å²) in [5.74, 6) is 0.182. The first-order chi connectivity index (χ1) is 5.31. The van der Waals surface area contributed by atoms with Crippen LogP contribution < -0.4 is 0 Å². The van der Waals surface area contributed by atoms with Gasteiger partial charge in [0, 0.05) is 6.42 Å². The zero-order valence-corrected chi connectivity index (χ0v) is 6.92. The molecule has 0 aliphatic carbocycles. The van der Waals surface area contributed by atoms with Crippen molar-refractivity contribution in [1.82, 2.24) is 0 Å². The van der Waals surface area contributed by atoms with Crippen molar-refractivity contribution in [1.29, 1.82) is 0 Å². The minimum atomic E-state index is 0.182. The van der Waals surface area contributed by atoms with Crippen molar-refractivity contribution < 1.29 is 4.79 Å². The lowest BCUT2D eigenvalue weighted by Gasteiger charge is -1.85. The first kappa shape index (κ1) is 9.89. The lowest BCUT2D eigenvalue weighted by molar-refractivity contribution is -0.114. The molecule has 0 aliphatic rings. The van der Waals surface area contributed by atoms with E-state index in [4.69, 9.17) is 0 Å². The first-order valence-electron chi connectivity index (χ1n) is 3.80. The number of hydrogen-bond donors (Lipinski definition) is 0. The van der Waals surface area contributed by atoms with Gasteiger partial charge in [-0.3, -0.25) is 4.79 Å². The lowest BCUT2D eigenvalue weighted by atomic mass is 10.2. The summed E-state index contributed by atoms with van der Waals surface area (Å²) in [5, 5.41) is 0. The molecule has 0 aromatic carbocycles. The molecule has 0 saturated carbocycles. The third kappa shape index (κ3) is 6.78. The van der Waals surface area contributed by atoms with E-state index in [2.05, 4.69) is 6.58 Å². The molecule has 1 nitrogen and oxygen atoms in total. The van der Waals surface area contributed by atoms with Crippen LogP contribution in [0.2, 0.25) is 0 Å². The van der Waals surface area contributed by atoms with Gasteiger partial charge in [-0.25, -0.2) is 0 Å². The zero-order chi connectivity index (χ0) is 8.53. The molecule has 0 atom stereocenters. The molecule has 0 radical (unpaired) electrons. The summed E-state index contributed by atoms with van der Waals surface area (Å²) in [6.45, 7) is 5.50. The number of allylic oxidation sites excluding steroid dienone is 5. The van der Waals surface area contributed by atoms with Crippen molar-refractivity contribution in [3.05, 3.63) is 37.0 Å². The molecule has 0 N–H and O–H groups in total. The van der Waals surface area contributed by atoms with Crippen LogP contribution in [0.1, 0.15) is 19.8 Å². The van der Waals surface area contributed by atoms with Crippen molar-refractivity contribution in [2.45, 2.75) is 19.8 Å². The van der Waals surface area contributed by atoms with Gasteiger partial charge in [-0.1, -0.05) is 37.8 Å². The molecule has 0 rings (SSSR count). The maximum atomic E-state index is 10.9. The topological polar surface area (TPSA) is 17.1 Å². The van der Waals surface area contributed by atoms with Gasteiger partial charge in [-0.05, 0) is 12.5 Å². The molecular weight excluding hydrogens is 136 g/mol. The van der Waals surface area contributed by atoms with Crippen LogP contribution in [-0.4, -0.2) is 5.78 Å². The van der Waals surface area contributed by atoms with Crippen molar-refractivity contribution >= 4 is 5.78 Å². The molecule has 0 heterocycles. The molecule has 0 fully saturated rings. The summed E-state index contributed by atoms with van der Waals surface area (Å²) in [6, 6.07) is 0. The monoisotopic (exact) mass is 150 g/mol. The Kier molecular flexibility index (Phi) is 6.30. The maximum Gasteiger partial charge on any atom is 0.155 e. The van der Waals surface area contributed by atoms with E-state index in [1.807, 2.05) is 6.92 Å². The molecule has 0 saturated heterocycles. The highest BCUT2D eigenvalue weighted by Crippen LogP contribution is 1.90. The van der Waals surface area contributed by atoms with Crippen LogP contribution in [0, 0.1) is 0 Å². The Labute approximate surface area is 68.1 Å². The van der Waals surface area contributed by atoms with Crippen molar-refractivity contribution in [3.8, 4) is 0 Å². The second kappa shape index (κ2) is 7.00. The van der Waals surface area contributed by atoms with E-state index < -0.39 is 0 Å². The fourth-order valence-corrected chi connectivity index (χ4v) is 0.635. The van der Waals surface area contributed by atoms with Crippen LogP contribution in [0.25, 0.3) is 0 Å². The molecule has 0 spiro atoms. The Balaban J connectivity index is 3.64. The summed E-state index contributed by atoms with van der Waals surface area (Å²) in [6.07, 6.45) is 10.1. The van der Waals surface area contributed by atoms with E-state index in [1.54, 1.807) is 30.4 Å². The third-order valence-corrected chi connectivity index (χ3v) is 1.14. The Morgan fingerprint density at radius 3 is 2.64 bits per heavy atom. The van der Waals surface area contributed by atoms with Crippen molar-refractivity contribution in [2.24, 2.45) is 0 Å². The van der Waals surface area contributed by atoms with E-state index in [0.29, 0.717) is 6.42 Å². The summed E-state index contributed by atoms with van der Waals surface area (Å²) in [5.41, 5.74) is 0. The quantitative estimate of drug-likeness (QED) is 0.435. The second-order valence-electron chi connectivity index (χ2n) is 2.20. The molecule has 1 heteroatoms. The standard InChI is InChI=1S/C10H14O/c1-3-5-6-7-9-10(11)8-4-2/h3,5-7,9H,1,4,8H2,2H3. The number of carbonyl (C=O) groups is 1. The average molecular weight is 150 g/mol. The minimum Gasteiger partial charge on any atom is -0.295 e. The molecule has 0 unspecified atom stereocenters. The SMILES string of the molecule is C=CC=CC=CC(=O)CCC. The van der Waals surface area contributed by atoms with Crippen LogP contribution in [0.5, 0.6) is 0 Å². The fourth-order valence-electron chi connectivity index (χ4n) is 0.635. The van der Waals surface area contributed by atoms with Gasteiger partial charge in [0.1, 0.15) is 0 Å². The highest BCUT2D eigenvalue weighted by Gasteiger charge is 1.89. The van der Waals surface area contributed by atoms with Crippen LogP contribution in [0.3, 0.4) is 0 Å². The van der Waals surface area contributed by atoms with Crippen LogP contribution in [0.4, 0.5) is 0 Å². The maximum absolute atomic E-state index is 10.9. The van der Waals surface area contributed by atoms with Crippen LogP contribution in [0.15, 0.2) is 37.0 Å². The van der Waals surface area contributed by atoms with Crippen LogP contribution in [-0.2, 0) is 4.79 Å². The minimum absolute atomic E-state index is 0.182. The average Bonchev–Trinajstić information content (AvgIpc) is 1.99. The van der Waals surface area contributed by atoms with Gasteiger partial charge in [0.25, 0.3) is 0 Å². The van der Waals surface area contributed by atoms with Gasteiger partial charge in [0.15, 0.2) is 5.78 Å². The van der Waals surface area contributed by atoms with Gasteiger partial charge >= 0.3 is 0 Å². The fraction of sp³-hybridized carbons (Fsp3) is 0.300. The number of carbonyl (C=O) groups excluding carboxylic acids is 1. The van der Waals surface area contributed by atoms with Gasteiger partial charge in [0.2, 0.25) is 0 Å². The molecule has 60 valence electrons. The molecule has 0 bridgehead atoms. The zero-order valence-electron chi connectivity index (χ0n) is 6.92. The molecular formula is C10H14O.